The summed E-state index contributed by atoms with van der Waals surface area (Å²) in [5.74, 6) is 0. The number of aliphatic hydroxyl groups is 1. The van der Waals surface area contributed by atoms with Crippen molar-refractivity contribution in [2.45, 2.75) is 78.7 Å². The Morgan fingerprint density at radius 2 is 1.73 bits per heavy atom. The zero-order valence-corrected chi connectivity index (χ0v) is 11.2. The Hall–Kier alpha value is -0.0400. The molecule has 1 nitrogen and oxygen atoms in total. The van der Waals surface area contributed by atoms with E-state index in [1.165, 1.54) is 12.8 Å². The van der Waals surface area contributed by atoms with Crippen LogP contribution in [0.5, 0.6) is 0 Å². The van der Waals surface area contributed by atoms with Crippen molar-refractivity contribution in [2.24, 2.45) is 10.8 Å². The number of rotatable bonds is 2. The van der Waals surface area contributed by atoms with Gasteiger partial charge in [0.05, 0.1) is 5.60 Å². The molecule has 0 saturated heterocycles. The molecule has 90 valence electrons. The van der Waals surface area contributed by atoms with Crippen molar-refractivity contribution in [3.63, 3.8) is 0 Å². The first-order valence-electron chi connectivity index (χ1n) is 6.34. The lowest BCUT2D eigenvalue weighted by atomic mass is 9.67. The van der Waals surface area contributed by atoms with Gasteiger partial charge in [0.15, 0.2) is 0 Å². The largest absolute Gasteiger partial charge is 0.390 e. The molecule has 0 aliphatic heterocycles. The van der Waals surface area contributed by atoms with E-state index in [-0.39, 0.29) is 5.60 Å². The van der Waals surface area contributed by atoms with Crippen LogP contribution in [0.2, 0.25) is 0 Å². The van der Waals surface area contributed by atoms with Gasteiger partial charge in [-0.1, -0.05) is 41.0 Å². The van der Waals surface area contributed by atoms with Gasteiger partial charge in [-0.05, 0) is 42.9 Å². The average molecular weight is 212 g/mol. The maximum Gasteiger partial charge on any atom is 0.0653 e. The van der Waals surface area contributed by atoms with E-state index in [0.29, 0.717) is 10.8 Å². The molecule has 0 radical (unpaired) electrons. The van der Waals surface area contributed by atoms with E-state index in [4.69, 9.17) is 0 Å². The first-order valence-corrected chi connectivity index (χ1v) is 6.34. The summed E-state index contributed by atoms with van der Waals surface area (Å²) < 4.78 is 0. The van der Waals surface area contributed by atoms with Crippen LogP contribution in [0.3, 0.4) is 0 Å². The van der Waals surface area contributed by atoms with Gasteiger partial charge in [-0.3, -0.25) is 0 Å². The predicted octanol–water partition coefficient (Wildman–Crippen LogP) is 4.14. The Balaban J connectivity index is 2.51. The SMILES string of the molecule is CC(C)(C)CCC1(O)CCCC(C)(C)C1. The first kappa shape index (κ1) is 13.0. The van der Waals surface area contributed by atoms with Crippen LogP contribution in [0.1, 0.15) is 73.1 Å². The van der Waals surface area contributed by atoms with E-state index in [1.807, 2.05) is 0 Å². The van der Waals surface area contributed by atoms with Gasteiger partial charge in [-0.25, -0.2) is 0 Å². The topological polar surface area (TPSA) is 20.2 Å². The zero-order chi connectivity index (χ0) is 11.7. The quantitative estimate of drug-likeness (QED) is 0.729. The van der Waals surface area contributed by atoms with Crippen LogP contribution in [-0.2, 0) is 0 Å². The third kappa shape index (κ3) is 4.55. The Labute approximate surface area is 95.3 Å². The van der Waals surface area contributed by atoms with Crippen LogP contribution in [0, 0.1) is 10.8 Å². The molecule has 1 aliphatic carbocycles. The standard InChI is InChI=1S/C14H28O/c1-12(2,3)9-10-14(15)8-6-7-13(4,5)11-14/h15H,6-11H2,1-5H3. The highest BCUT2D eigenvalue weighted by atomic mass is 16.3. The lowest BCUT2D eigenvalue weighted by Crippen LogP contribution is -2.39. The summed E-state index contributed by atoms with van der Waals surface area (Å²) in [6.07, 6.45) is 6.54. The van der Waals surface area contributed by atoms with Crippen molar-refractivity contribution >= 4 is 0 Å². The first-order chi connectivity index (χ1) is 6.62. The number of hydrogen-bond acceptors (Lipinski definition) is 1. The molecule has 0 aromatic heterocycles. The summed E-state index contributed by atoms with van der Waals surface area (Å²) in [7, 11) is 0. The third-order valence-corrected chi connectivity index (χ3v) is 3.64. The smallest absolute Gasteiger partial charge is 0.0653 e. The fraction of sp³-hybridized carbons (Fsp3) is 1.00. The van der Waals surface area contributed by atoms with E-state index < -0.39 is 0 Å². The Bertz CT molecular complexity index is 212. The molecule has 1 saturated carbocycles. The van der Waals surface area contributed by atoms with Gasteiger partial charge in [0, 0.05) is 0 Å². The molecule has 0 aromatic rings. The van der Waals surface area contributed by atoms with Gasteiger partial charge in [0.2, 0.25) is 0 Å². The normalized spacial score (nSPS) is 31.6. The summed E-state index contributed by atoms with van der Waals surface area (Å²) >= 11 is 0. The van der Waals surface area contributed by atoms with Crippen molar-refractivity contribution < 1.29 is 5.11 Å². The average Bonchev–Trinajstić information content (AvgIpc) is 1.97. The molecule has 0 heterocycles. The van der Waals surface area contributed by atoms with Crippen LogP contribution in [0.4, 0.5) is 0 Å². The molecule has 1 rings (SSSR count). The molecule has 1 unspecified atom stereocenters. The highest BCUT2D eigenvalue weighted by molar-refractivity contribution is 4.91. The van der Waals surface area contributed by atoms with Crippen LogP contribution >= 0.6 is 0 Å². The predicted molar refractivity (Wildman–Crippen MR) is 65.9 cm³/mol. The molecule has 0 amide bonds. The third-order valence-electron chi connectivity index (χ3n) is 3.64. The van der Waals surface area contributed by atoms with Crippen molar-refractivity contribution in [1.82, 2.24) is 0 Å². The van der Waals surface area contributed by atoms with Gasteiger partial charge < -0.3 is 5.11 Å². The highest BCUT2D eigenvalue weighted by Gasteiger charge is 2.38. The summed E-state index contributed by atoms with van der Waals surface area (Å²) in [5, 5.41) is 10.6. The van der Waals surface area contributed by atoms with Crippen molar-refractivity contribution in [3.8, 4) is 0 Å². The lowest BCUT2D eigenvalue weighted by molar-refractivity contribution is -0.0512. The fourth-order valence-electron chi connectivity index (χ4n) is 2.78. The molecule has 1 atom stereocenters. The Morgan fingerprint density at radius 3 is 2.20 bits per heavy atom. The molecule has 0 spiro atoms. The van der Waals surface area contributed by atoms with E-state index >= 15 is 0 Å². The molecular formula is C14H28O. The van der Waals surface area contributed by atoms with E-state index in [2.05, 4.69) is 34.6 Å². The second-order valence-electron chi connectivity index (χ2n) is 7.48. The highest BCUT2D eigenvalue weighted by Crippen LogP contribution is 2.44. The molecule has 1 fully saturated rings. The Kier molecular flexibility index (Phi) is 3.55. The van der Waals surface area contributed by atoms with Crippen molar-refractivity contribution in [1.29, 1.82) is 0 Å². The molecule has 0 bridgehead atoms. The monoisotopic (exact) mass is 212 g/mol. The molecule has 15 heavy (non-hydrogen) atoms. The maximum absolute atomic E-state index is 10.6. The van der Waals surface area contributed by atoms with E-state index in [9.17, 15) is 5.11 Å². The van der Waals surface area contributed by atoms with Crippen LogP contribution in [0.15, 0.2) is 0 Å². The molecule has 1 N–H and O–H groups in total. The van der Waals surface area contributed by atoms with Gasteiger partial charge in [0.1, 0.15) is 0 Å². The second kappa shape index (κ2) is 4.08. The van der Waals surface area contributed by atoms with Gasteiger partial charge in [-0.15, -0.1) is 0 Å². The minimum atomic E-state index is -0.380. The fourth-order valence-corrected chi connectivity index (χ4v) is 2.78. The summed E-state index contributed by atoms with van der Waals surface area (Å²) in [6.45, 7) is 11.3. The van der Waals surface area contributed by atoms with Gasteiger partial charge in [0.25, 0.3) is 0 Å². The minimum absolute atomic E-state index is 0.338. The van der Waals surface area contributed by atoms with Crippen molar-refractivity contribution in [2.75, 3.05) is 0 Å². The van der Waals surface area contributed by atoms with E-state index in [1.54, 1.807) is 0 Å². The van der Waals surface area contributed by atoms with E-state index in [0.717, 1.165) is 25.7 Å². The molecular weight excluding hydrogens is 184 g/mol. The van der Waals surface area contributed by atoms with Gasteiger partial charge >= 0.3 is 0 Å². The van der Waals surface area contributed by atoms with Crippen LogP contribution in [0.25, 0.3) is 0 Å². The summed E-state index contributed by atoms with van der Waals surface area (Å²) in [6, 6.07) is 0. The minimum Gasteiger partial charge on any atom is -0.390 e. The Morgan fingerprint density at radius 1 is 1.13 bits per heavy atom. The van der Waals surface area contributed by atoms with Crippen LogP contribution < -0.4 is 0 Å². The molecule has 0 aromatic carbocycles. The van der Waals surface area contributed by atoms with Crippen molar-refractivity contribution in [3.05, 3.63) is 0 Å². The lowest BCUT2D eigenvalue weighted by Gasteiger charge is -2.42. The maximum atomic E-state index is 10.6. The second-order valence-corrected chi connectivity index (χ2v) is 7.48. The van der Waals surface area contributed by atoms with Crippen LogP contribution in [-0.4, -0.2) is 10.7 Å². The molecule has 1 aliphatic rings. The van der Waals surface area contributed by atoms with Gasteiger partial charge in [-0.2, -0.15) is 0 Å². The summed E-state index contributed by atoms with van der Waals surface area (Å²) in [4.78, 5) is 0. The molecule has 1 heteroatoms. The zero-order valence-electron chi connectivity index (χ0n) is 11.2. The summed E-state index contributed by atoms with van der Waals surface area (Å²) in [5.41, 5.74) is 0.303. The number of hydrogen-bond donors (Lipinski definition) is 1.